The van der Waals surface area contributed by atoms with E-state index in [-0.39, 0.29) is 26.4 Å². The Bertz CT molecular complexity index is 1360. The lowest BCUT2D eigenvalue weighted by Crippen LogP contribution is -2.32. The minimum atomic E-state index is 0.0533. The summed E-state index contributed by atoms with van der Waals surface area (Å²) in [6.45, 7) is 6.13. The molecule has 3 aromatic rings. The Balaban J connectivity index is 1.36. The van der Waals surface area contributed by atoms with Crippen LogP contribution in [0.2, 0.25) is 0 Å². The maximum absolute atomic E-state index is 9.25. The van der Waals surface area contributed by atoms with Crippen molar-refractivity contribution in [3.05, 3.63) is 120 Å². The van der Waals surface area contributed by atoms with E-state index in [1.54, 1.807) is 0 Å². The van der Waals surface area contributed by atoms with Crippen LogP contribution < -0.4 is 19.7 Å². The van der Waals surface area contributed by atoms with Crippen LogP contribution in [-0.2, 0) is 6.54 Å². The van der Waals surface area contributed by atoms with Gasteiger partial charge in [-0.15, -0.1) is 0 Å². The molecule has 5 N–H and O–H groups in total. The molecule has 1 aromatic heterocycles. The van der Waals surface area contributed by atoms with Crippen LogP contribution in [-0.4, -0.2) is 79.6 Å². The number of aromatic nitrogens is 1. The first-order valence-corrected chi connectivity index (χ1v) is 16.1. The van der Waals surface area contributed by atoms with Crippen molar-refractivity contribution in [2.45, 2.75) is 26.3 Å². The molecule has 0 saturated heterocycles. The third-order valence-corrected chi connectivity index (χ3v) is 7.56. The number of hydrogen-bond acceptors (Lipinski definition) is 7. The Kier molecular flexibility index (Phi) is 17.0. The van der Waals surface area contributed by atoms with Crippen molar-refractivity contribution in [2.24, 2.45) is 0 Å². The SMILES string of the molecule is C/C=C(\C=C/NCCCC[n+]1ccc(/C=C/c2ccc(N(CCO)CCO)cc2)cc1)/C=C/c1ccc(N(CCO)CCO)cc1. The highest BCUT2D eigenvalue weighted by Gasteiger charge is 2.06. The zero-order chi connectivity index (χ0) is 32.8. The molecule has 0 atom stereocenters. The number of anilines is 2. The van der Waals surface area contributed by atoms with Gasteiger partial charge in [-0.1, -0.05) is 54.6 Å². The van der Waals surface area contributed by atoms with Crippen LogP contribution in [0.3, 0.4) is 0 Å². The fourth-order valence-corrected chi connectivity index (χ4v) is 4.94. The number of nitrogens with one attached hydrogen (secondary N) is 1. The maximum Gasteiger partial charge on any atom is 0.169 e. The van der Waals surface area contributed by atoms with Gasteiger partial charge < -0.3 is 35.5 Å². The van der Waals surface area contributed by atoms with E-state index in [1.807, 2.05) is 71.5 Å². The summed E-state index contributed by atoms with van der Waals surface area (Å²) in [4.78, 5) is 3.93. The van der Waals surface area contributed by atoms with Crippen LogP contribution >= 0.6 is 0 Å². The monoisotopic (exact) mass is 627 g/mol. The third kappa shape index (κ3) is 13.0. The highest BCUT2D eigenvalue weighted by Crippen LogP contribution is 2.18. The van der Waals surface area contributed by atoms with E-state index in [1.165, 1.54) is 0 Å². The van der Waals surface area contributed by atoms with Gasteiger partial charge in [-0.3, -0.25) is 0 Å². The second kappa shape index (κ2) is 21.5. The van der Waals surface area contributed by atoms with Gasteiger partial charge in [0, 0.05) is 62.7 Å². The summed E-state index contributed by atoms with van der Waals surface area (Å²) in [6.07, 6.45) is 20.9. The van der Waals surface area contributed by atoms with E-state index in [9.17, 15) is 20.4 Å². The lowest BCUT2D eigenvalue weighted by atomic mass is 10.1. The van der Waals surface area contributed by atoms with Crippen molar-refractivity contribution in [3.63, 3.8) is 0 Å². The molecule has 0 spiro atoms. The van der Waals surface area contributed by atoms with Gasteiger partial charge in [0.15, 0.2) is 12.4 Å². The largest absolute Gasteiger partial charge is 0.395 e. The van der Waals surface area contributed by atoms with Gasteiger partial charge in [-0.25, -0.2) is 4.57 Å². The summed E-state index contributed by atoms with van der Waals surface area (Å²) in [5.74, 6) is 0. The molecule has 8 nitrogen and oxygen atoms in total. The minimum absolute atomic E-state index is 0.0533. The molecule has 0 unspecified atom stereocenters. The minimum Gasteiger partial charge on any atom is -0.395 e. The summed E-state index contributed by atoms with van der Waals surface area (Å²) in [6, 6.07) is 20.5. The van der Waals surface area contributed by atoms with Crippen molar-refractivity contribution in [3.8, 4) is 0 Å². The number of rotatable bonds is 21. The molecule has 0 bridgehead atoms. The van der Waals surface area contributed by atoms with E-state index in [2.05, 4.69) is 70.9 Å². The number of nitrogens with zero attached hydrogens (tertiary/aromatic N) is 3. The van der Waals surface area contributed by atoms with Crippen molar-refractivity contribution in [1.82, 2.24) is 5.32 Å². The standard InChI is InChI=1S/C38H51N4O4/c1-2-33(5-6-34-9-13-37(14-10-34)41(25-29-43)26-30-44)17-21-39-20-3-4-22-40-23-18-36(19-24-40)8-7-35-11-15-38(16-12-35)42(27-31-45)28-32-46/h2,5-19,21,23-24,39,43-46H,3-4,20,22,25-32H2,1H3/q+1/b6-5+,21-17-,33-2-. The van der Waals surface area contributed by atoms with Gasteiger partial charge in [-0.05, 0) is 72.1 Å². The van der Waals surface area contributed by atoms with Crippen LogP contribution in [0.1, 0.15) is 36.5 Å². The first-order chi connectivity index (χ1) is 22.6. The average Bonchev–Trinajstić information content (AvgIpc) is 3.09. The molecule has 1 heterocycles. The fraction of sp³-hybridized carbons (Fsp3) is 0.342. The van der Waals surface area contributed by atoms with Gasteiger partial charge in [0.25, 0.3) is 0 Å². The van der Waals surface area contributed by atoms with E-state index in [0.717, 1.165) is 59.6 Å². The third-order valence-electron chi connectivity index (χ3n) is 7.56. The van der Waals surface area contributed by atoms with E-state index in [4.69, 9.17) is 0 Å². The van der Waals surface area contributed by atoms with E-state index < -0.39 is 0 Å². The molecule has 0 aliphatic carbocycles. The number of aliphatic hydroxyl groups is 4. The van der Waals surface area contributed by atoms with Crippen LogP contribution in [0.5, 0.6) is 0 Å². The fourth-order valence-electron chi connectivity index (χ4n) is 4.94. The van der Waals surface area contributed by atoms with Crippen molar-refractivity contribution in [2.75, 3.05) is 69.0 Å². The maximum atomic E-state index is 9.25. The van der Waals surface area contributed by atoms with Crippen LogP contribution in [0.25, 0.3) is 18.2 Å². The Labute approximate surface area is 274 Å². The zero-order valence-corrected chi connectivity index (χ0v) is 27.1. The number of aryl methyl sites for hydroxylation is 1. The number of unbranched alkanes of at least 4 members (excludes halogenated alkanes) is 1. The second-order valence-corrected chi connectivity index (χ2v) is 10.9. The normalized spacial score (nSPS) is 12.1. The zero-order valence-electron chi connectivity index (χ0n) is 27.1. The van der Waals surface area contributed by atoms with E-state index in [0.29, 0.717) is 26.2 Å². The predicted octanol–water partition coefficient (Wildman–Crippen LogP) is 4.27. The summed E-state index contributed by atoms with van der Waals surface area (Å²) >= 11 is 0. The number of allylic oxidation sites excluding steroid dienone is 4. The second-order valence-electron chi connectivity index (χ2n) is 10.9. The number of benzene rings is 2. The summed E-state index contributed by atoms with van der Waals surface area (Å²) in [5.41, 5.74) is 6.42. The molecule has 46 heavy (non-hydrogen) atoms. The van der Waals surface area contributed by atoms with Gasteiger partial charge in [0.05, 0.1) is 26.4 Å². The first kappa shape index (κ1) is 36.3. The Morgan fingerprint density at radius 2 is 1.11 bits per heavy atom. The molecule has 246 valence electrons. The molecule has 3 rings (SSSR count). The van der Waals surface area contributed by atoms with Crippen molar-refractivity contribution >= 4 is 29.6 Å². The molecular weight excluding hydrogens is 576 g/mol. The molecule has 0 aliphatic rings. The Morgan fingerprint density at radius 1 is 0.630 bits per heavy atom. The average molecular weight is 628 g/mol. The predicted molar refractivity (Wildman–Crippen MR) is 190 cm³/mol. The molecule has 0 amide bonds. The molecule has 8 heteroatoms. The summed E-state index contributed by atoms with van der Waals surface area (Å²) in [5, 5.41) is 40.4. The summed E-state index contributed by atoms with van der Waals surface area (Å²) in [7, 11) is 0. The molecular formula is C38H51N4O4+. The smallest absolute Gasteiger partial charge is 0.169 e. The van der Waals surface area contributed by atoms with Gasteiger partial charge in [0.2, 0.25) is 0 Å². The highest BCUT2D eigenvalue weighted by molar-refractivity contribution is 5.70. The topological polar surface area (TPSA) is 103 Å². The van der Waals surface area contributed by atoms with Crippen LogP contribution in [0.15, 0.2) is 103 Å². The lowest BCUT2D eigenvalue weighted by Gasteiger charge is -2.22. The van der Waals surface area contributed by atoms with Gasteiger partial charge in [0.1, 0.15) is 6.54 Å². The van der Waals surface area contributed by atoms with Crippen molar-refractivity contribution < 1.29 is 25.0 Å². The quantitative estimate of drug-likeness (QED) is 0.0683. The van der Waals surface area contributed by atoms with Gasteiger partial charge in [-0.2, -0.15) is 0 Å². The molecule has 2 aromatic carbocycles. The number of pyridine rings is 1. The van der Waals surface area contributed by atoms with E-state index >= 15 is 0 Å². The highest BCUT2D eigenvalue weighted by atomic mass is 16.3. The number of aliphatic hydroxyl groups excluding tert-OH is 4. The van der Waals surface area contributed by atoms with Crippen LogP contribution in [0, 0.1) is 0 Å². The summed E-state index contributed by atoms with van der Waals surface area (Å²) < 4.78 is 2.21. The number of hydrogen-bond donors (Lipinski definition) is 5. The molecule has 0 aliphatic heterocycles. The van der Waals surface area contributed by atoms with Crippen LogP contribution in [0.4, 0.5) is 11.4 Å². The molecule has 0 radical (unpaired) electrons. The first-order valence-electron chi connectivity index (χ1n) is 16.1. The van der Waals surface area contributed by atoms with Gasteiger partial charge >= 0.3 is 0 Å². The lowest BCUT2D eigenvalue weighted by molar-refractivity contribution is -0.697. The Hall–Kier alpha value is -4.21. The molecule has 0 saturated carbocycles. The molecule has 0 fully saturated rings. The van der Waals surface area contributed by atoms with Crippen molar-refractivity contribution in [1.29, 1.82) is 0 Å². The Morgan fingerprint density at radius 3 is 1.59 bits per heavy atom.